The summed E-state index contributed by atoms with van der Waals surface area (Å²) in [7, 11) is 0. The van der Waals surface area contributed by atoms with Gasteiger partial charge in [0.05, 0.1) is 0 Å². The smallest absolute Gasteiger partial charge is 0.0904 e. The zero-order valence-electron chi connectivity index (χ0n) is 4.85. The molecular weight excluding hydrogens is 261 g/mol. The maximum atomic E-state index is 5.06. The summed E-state index contributed by atoms with van der Waals surface area (Å²) in [5.74, 6) is 0. The summed E-state index contributed by atoms with van der Waals surface area (Å²) in [6.45, 7) is 1.48. The van der Waals surface area contributed by atoms with Crippen molar-refractivity contribution in [3.63, 3.8) is 0 Å². The minimum atomic E-state index is -1.08. The first-order valence-electron chi connectivity index (χ1n) is 1.95. The van der Waals surface area contributed by atoms with Gasteiger partial charge in [-0.2, -0.15) is 0 Å². The second-order valence-corrected chi connectivity index (χ2v) is 5.25. The highest BCUT2D eigenvalue weighted by Crippen LogP contribution is 2.23. The van der Waals surface area contributed by atoms with E-state index in [4.69, 9.17) is 69.6 Å². The molecule has 0 aliphatic heterocycles. The summed E-state index contributed by atoms with van der Waals surface area (Å²) >= 11 is 30.0. The van der Waals surface area contributed by atoms with E-state index >= 15 is 0 Å². The Bertz CT molecular complexity index is 90.8. The number of hydrogen-bond acceptors (Lipinski definition) is 0. The van der Waals surface area contributed by atoms with Crippen molar-refractivity contribution in [2.45, 2.75) is 10.7 Å². The van der Waals surface area contributed by atoms with Gasteiger partial charge in [0, 0.05) is 5.54 Å². The number of alkyl halides is 3. The summed E-state index contributed by atoms with van der Waals surface area (Å²) in [5.41, 5.74) is 1.09. The molecule has 0 aliphatic rings. The van der Waals surface area contributed by atoms with Gasteiger partial charge >= 0.3 is 0 Å². The SMILES string of the molecule is CC(Cl)(Cl)Cl.ClC=C(Cl)Cl. The lowest BCUT2D eigenvalue weighted by Gasteiger charge is -1.94. The van der Waals surface area contributed by atoms with Gasteiger partial charge in [-0.05, 0) is 6.92 Å². The average molecular weight is 265 g/mol. The van der Waals surface area contributed by atoms with E-state index in [-0.39, 0.29) is 4.49 Å². The molecule has 0 unspecified atom stereocenters. The number of rotatable bonds is 0. The van der Waals surface area contributed by atoms with Crippen molar-refractivity contribution in [1.29, 1.82) is 0 Å². The topological polar surface area (TPSA) is 0 Å². The average Bonchev–Trinajstić information content (AvgIpc) is 1.61. The van der Waals surface area contributed by atoms with E-state index in [0.29, 0.717) is 0 Å². The summed E-state index contributed by atoms with van der Waals surface area (Å²) < 4.78 is -0.994. The molecule has 0 fully saturated rings. The molecule has 0 atom stereocenters. The van der Waals surface area contributed by atoms with E-state index in [1.54, 1.807) is 0 Å². The van der Waals surface area contributed by atoms with Crippen LogP contribution in [0.3, 0.4) is 0 Å². The van der Waals surface area contributed by atoms with Gasteiger partial charge in [0.25, 0.3) is 0 Å². The number of halogens is 6. The van der Waals surface area contributed by atoms with Crippen molar-refractivity contribution in [1.82, 2.24) is 0 Å². The van der Waals surface area contributed by atoms with Crippen LogP contribution in [-0.4, -0.2) is 3.79 Å². The fourth-order valence-corrected chi connectivity index (χ4v) is 0. The van der Waals surface area contributed by atoms with Gasteiger partial charge in [0.15, 0.2) is 3.79 Å². The van der Waals surface area contributed by atoms with Crippen LogP contribution < -0.4 is 0 Å². The lowest BCUT2D eigenvalue weighted by molar-refractivity contribution is 1.27. The normalized spacial score (nSPS) is 9.50. The third-order valence-electron chi connectivity index (χ3n) is 0.0825. The third-order valence-corrected chi connectivity index (χ3v) is 0.742. The van der Waals surface area contributed by atoms with Crippen LogP contribution in [0, 0.1) is 0 Å². The highest BCUT2D eigenvalue weighted by Gasteiger charge is 2.07. The Balaban J connectivity index is 0. The highest BCUT2D eigenvalue weighted by atomic mass is 35.6. The maximum Gasteiger partial charge on any atom is 0.187 e. The molecule has 0 amide bonds. The van der Waals surface area contributed by atoms with Gasteiger partial charge in [-0.15, -0.1) is 0 Å². The van der Waals surface area contributed by atoms with E-state index in [0.717, 1.165) is 5.54 Å². The summed E-state index contributed by atoms with van der Waals surface area (Å²) in [6.07, 6.45) is 0. The first-order chi connectivity index (χ1) is 4.27. The van der Waals surface area contributed by atoms with E-state index < -0.39 is 3.79 Å². The van der Waals surface area contributed by atoms with Crippen LogP contribution in [-0.2, 0) is 0 Å². The van der Waals surface area contributed by atoms with Crippen LogP contribution in [0.2, 0.25) is 0 Å². The minimum absolute atomic E-state index is 0.0895. The summed E-state index contributed by atoms with van der Waals surface area (Å²) in [4.78, 5) is 0. The molecule has 0 rings (SSSR count). The second-order valence-electron chi connectivity index (χ2n) is 1.18. The first-order valence-corrected chi connectivity index (χ1v) is 4.28. The molecule has 0 aromatic heterocycles. The largest absolute Gasteiger partial charge is 0.187 e. The van der Waals surface area contributed by atoms with Gasteiger partial charge < -0.3 is 0 Å². The van der Waals surface area contributed by atoms with Crippen molar-refractivity contribution < 1.29 is 0 Å². The zero-order chi connectivity index (χ0) is 8.78. The standard InChI is InChI=1S/C2H3Cl3.C2HCl3/c1-2(3,4)5;3-1-2(4)5/h1H3;1H. The Morgan fingerprint density at radius 2 is 1.30 bits per heavy atom. The molecular formula is C4H4Cl6. The second kappa shape index (κ2) is 7.15. The first kappa shape index (κ1) is 14.0. The van der Waals surface area contributed by atoms with E-state index in [1.807, 2.05) is 0 Å². The van der Waals surface area contributed by atoms with Crippen LogP contribution in [0.1, 0.15) is 6.92 Å². The molecule has 0 bridgehead atoms. The molecule has 10 heavy (non-hydrogen) atoms. The van der Waals surface area contributed by atoms with Crippen molar-refractivity contribution in [3.8, 4) is 0 Å². The van der Waals surface area contributed by atoms with Gasteiger partial charge in [0.1, 0.15) is 4.49 Å². The molecule has 0 aromatic rings. The molecule has 0 spiro atoms. The molecule has 0 radical (unpaired) electrons. The molecule has 0 heterocycles. The van der Waals surface area contributed by atoms with Crippen molar-refractivity contribution in [3.05, 3.63) is 10.0 Å². The van der Waals surface area contributed by atoms with Crippen molar-refractivity contribution in [2.24, 2.45) is 0 Å². The van der Waals surface area contributed by atoms with Crippen LogP contribution in [0.15, 0.2) is 10.0 Å². The fourth-order valence-electron chi connectivity index (χ4n) is 0. The molecule has 0 aromatic carbocycles. The Labute approximate surface area is 90.0 Å². The van der Waals surface area contributed by atoms with Crippen LogP contribution in [0.5, 0.6) is 0 Å². The third kappa shape index (κ3) is 56.3. The van der Waals surface area contributed by atoms with Crippen LogP contribution >= 0.6 is 69.6 Å². The van der Waals surface area contributed by atoms with E-state index in [1.165, 1.54) is 6.92 Å². The summed E-state index contributed by atoms with van der Waals surface area (Å²) in [6, 6.07) is 0. The molecule has 0 saturated heterocycles. The van der Waals surface area contributed by atoms with Crippen molar-refractivity contribution in [2.75, 3.05) is 0 Å². The summed E-state index contributed by atoms with van der Waals surface area (Å²) in [5, 5.41) is 0. The molecule has 62 valence electrons. The Morgan fingerprint density at radius 1 is 1.20 bits per heavy atom. The van der Waals surface area contributed by atoms with Gasteiger partial charge in [-0.3, -0.25) is 0 Å². The molecule has 6 heteroatoms. The van der Waals surface area contributed by atoms with Gasteiger partial charge in [0.2, 0.25) is 0 Å². The lowest BCUT2D eigenvalue weighted by atomic mass is 10.9. The Kier molecular flexibility index (Phi) is 10.0. The minimum Gasteiger partial charge on any atom is -0.0904 e. The monoisotopic (exact) mass is 262 g/mol. The molecule has 0 saturated carbocycles. The molecule has 0 N–H and O–H groups in total. The Morgan fingerprint density at radius 3 is 1.30 bits per heavy atom. The fraction of sp³-hybridized carbons (Fsp3) is 0.500. The maximum absolute atomic E-state index is 5.06. The lowest BCUT2D eigenvalue weighted by Crippen LogP contribution is -1.87. The quantitative estimate of drug-likeness (QED) is 0.547. The molecule has 0 aliphatic carbocycles. The van der Waals surface area contributed by atoms with Gasteiger partial charge in [-0.25, -0.2) is 0 Å². The van der Waals surface area contributed by atoms with Crippen LogP contribution in [0.25, 0.3) is 0 Å². The zero-order valence-corrected chi connectivity index (χ0v) is 9.38. The molecule has 0 nitrogen and oxygen atoms in total. The van der Waals surface area contributed by atoms with Crippen molar-refractivity contribution >= 4 is 69.6 Å². The van der Waals surface area contributed by atoms with Crippen LogP contribution in [0.4, 0.5) is 0 Å². The van der Waals surface area contributed by atoms with E-state index in [9.17, 15) is 0 Å². The van der Waals surface area contributed by atoms with Gasteiger partial charge in [-0.1, -0.05) is 69.6 Å². The predicted octanol–water partition coefficient (Wildman–Crippen LogP) is 4.88. The number of hydrogen-bond donors (Lipinski definition) is 0. The predicted molar refractivity (Wildman–Crippen MR) is 51.6 cm³/mol. The van der Waals surface area contributed by atoms with E-state index in [2.05, 4.69) is 0 Å². The Hall–Kier alpha value is 1.48. The highest BCUT2D eigenvalue weighted by molar-refractivity contribution is 6.67.